The van der Waals surface area contributed by atoms with Gasteiger partial charge in [-0.2, -0.15) is 52.7 Å². The number of nitrogens with one attached hydrogen (secondary N) is 5. The van der Waals surface area contributed by atoms with Crippen molar-refractivity contribution in [2.75, 3.05) is 37.6 Å². The van der Waals surface area contributed by atoms with Gasteiger partial charge in [0.25, 0.3) is 5.97 Å². The number of carbonyl (C=O) groups is 6. The van der Waals surface area contributed by atoms with Crippen molar-refractivity contribution in [2.24, 2.45) is 23.3 Å². The number of esters is 2. The van der Waals surface area contributed by atoms with Crippen LogP contribution in [0.1, 0.15) is 47.6 Å². The van der Waals surface area contributed by atoms with Gasteiger partial charge in [0.2, 0.25) is 11.8 Å². The molecule has 58 heteroatoms. The average molecular weight is 2050 g/mol. The van der Waals surface area contributed by atoms with Crippen LogP contribution in [0.2, 0.25) is 36.1 Å². The molecule has 602 valence electrons. The van der Waals surface area contributed by atoms with Crippen LogP contribution in [0, 0.1) is 21.8 Å². The number of ether oxygens (including phenoxy) is 4. The lowest BCUT2D eigenvalue weighted by molar-refractivity contribution is -0.340. The summed E-state index contributed by atoms with van der Waals surface area (Å²) in [5.41, 5.74) is 15.3. The Morgan fingerprint density at radius 2 is 0.896 bits per heavy atom. The highest BCUT2D eigenvalue weighted by Crippen LogP contribution is 2.24. The monoisotopic (exact) mass is 2050 g/mol. The van der Waals surface area contributed by atoms with Crippen LogP contribution in [-0.4, -0.2) is 161 Å². The third-order valence-electron chi connectivity index (χ3n) is 9.07. The molecule has 1 aliphatic rings. The predicted molar refractivity (Wildman–Crippen MR) is 374 cm³/mol. The fourth-order valence-corrected chi connectivity index (χ4v) is 7.14. The van der Waals surface area contributed by atoms with E-state index in [1.807, 2.05) is 17.8 Å². The quantitative estimate of drug-likeness (QED) is 0.00622. The van der Waals surface area contributed by atoms with Gasteiger partial charge in [0, 0.05) is 91.0 Å². The average Bonchev–Trinajstić information content (AvgIpc) is 1.68. The van der Waals surface area contributed by atoms with Crippen LogP contribution < -0.4 is 74.4 Å². The van der Waals surface area contributed by atoms with Gasteiger partial charge in [0.1, 0.15) is 19.6 Å². The van der Waals surface area contributed by atoms with Gasteiger partial charge >= 0.3 is 48.5 Å². The van der Waals surface area contributed by atoms with Crippen LogP contribution in [0.4, 0.5) is 70.1 Å². The van der Waals surface area contributed by atoms with E-state index in [0.717, 1.165) is 9.75 Å². The molecule has 13 N–H and O–H groups in total. The van der Waals surface area contributed by atoms with Crippen LogP contribution in [-0.2, 0) is 54.3 Å². The number of aromatic nitrogens is 14. The maximum absolute atomic E-state index is 11.8. The largest absolute Gasteiger partial charge is 1.00 e. The standard InChI is InChI=1S/C6H3BrClF3N4O.C6H4BrClN4.C6H4ClF3N4O.C5H6ClN3.C5H12O3.C4H4BrClN4.C4H4BrNO2.C4H2Cl2N2.C4F6O3.2CH4.2CH3.HI.H4N2.H/c7-2-1-12-4(3(8)13-2)14-15-5(16)6(9,10)11;1-3-10-11-6-5(8)9-4(7)2-12(3)6;7-3-4(12-2-1-11-3)13-14-5(15)6(8,9)10;6-5-4(3-7)8-1-2-9-5;1-5(6-2,7-3)8-4;5-2-1-8-4(10-7)3(6)9-2;5-6-3(7)1-2-4(6)8;5-3-4(6)8-2-1-7-3;5-3(6,7)1(11)13-2(12)4(8,9)10;;;;;;1-2;/h1H,(H,12,14)(H,15,16);2H,1H3;1-2H,(H,12,13)(H,14,15);1-2H,3,7H2;1-4H3;1H,7H2,(H,8,10);1-2H2;1-2H;;2*1H4;2*1H3;1H;1-2H2;/q;;;;;;;;;;;2*-1;;;-1/p-1. The second kappa shape index (κ2) is 56.4. The molecule has 34 nitrogen and oxygen atoms in total. The maximum Gasteiger partial charge on any atom is 0.491 e. The molecule has 0 aliphatic carbocycles. The Morgan fingerprint density at radius 3 is 1.19 bits per heavy atom. The third-order valence-corrected chi connectivity index (χ3v) is 13.0. The molecule has 0 unspecified atom stereocenters. The topological polar surface area (TPSA) is 479 Å². The van der Waals surface area contributed by atoms with E-state index in [1.165, 1.54) is 75.6 Å². The Hall–Kier alpha value is -5.87. The fraction of sp³-hybridized carbons (Fsp3) is 0.312. The minimum absolute atomic E-state index is 0. The van der Waals surface area contributed by atoms with Gasteiger partial charge < -0.3 is 70.4 Å². The van der Waals surface area contributed by atoms with Gasteiger partial charge in [-0.25, -0.2) is 69.2 Å². The fourth-order valence-electron chi connectivity index (χ4n) is 4.39. The minimum atomic E-state index is -5.62. The highest BCUT2D eigenvalue weighted by molar-refractivity contribution is 9.11. The molecule has 0 atom stereocenters. The van der Waals surface area contributed by atoms with Crippen LogP contribution in [0.5, 0.6) is 0 Å². The van der Waals surface area contributed by atoms with Crippen molar-refractivity contribution in [3.8, 4) is 0 Å². The molecule has 1 saturated heterocycles. The SMILES string of the molecule is C.C.COC(C)(OC)OC.Cc1nnc2c(Cl)nc(Br)cn12.Clc1nccnc1Cl.NCc1nccnc1Cl.NN.NNc1ncc(Br)nc1Cl.O=C(NNc1ncc(Br)nc1Cl)C(F)(F)F.O=C(NNc1nccnc1Cl)C(F)(F)F.O=C(OC(=O)C(F)(F)F)C(F)(F)F.O=C1CCC(=O)N1Br.[CH3-].[CH3-].[H-].[I-]. The number of hydrazine groups is 4. The molecule has 8 rings (SSSR count). The molecule has 7 aromatic rings. The van der Waals surface area contributed by atoms with E-state index < -0.39 is 54.4 Å². The van der Waals surface area contributed by atoms with E-state index >= 15 is 0 Å². The highest BCUT2D eigenvalue weighted by atomic mass is 127. The van der Waals surface area contributed by atoms with E-state index in [2.05, 4.69) is 151 Å². The van der Waals surface area contributed by atoms with Gasteiger partial charge in [0.05, 0.1) is 34.2 Å². The molecule has 1 fully saturated rings. The number of imide groups is 1. The first-order chi connectivity index (χ1) is 46.7. The summed E-state index contributed by atoms with van der Waals surface area (Å²) < 4.78 is 159. The molecule has 1 aliphatic heterocycles. The van der Waals surface area contributed by atoms with Crippen molar-refractivity contribution in [3.63, 3.8) is 0 Å². The number of alkyl halides is 12. The normalized spacial score (nSPS) is 10.9. The van der Waals surface area contributed by atoms with E-state index in [0.29, 0.717) is 60.7 Å². The smallest absolute Gasteiger partial charge is 0.491 e. The zero-order valence-electron chi connectivity index (χ0n) is 53.5. The van der Waals surface area contributed by atoms with Crippen molar-refractivity contribution in [1.29, 1.82) is 0 Å². The summed E-state index contributed by atoms with van der Waals surface area (Å²) in [4.78, 5) is 102. The minimum Gasteiger partial charge on any atom is -1.00 e. The van der Waals surface area contributed by atoms with Crippen molar-refractivity contribution >= 4 is 204 Å². The second-order valence-electron chi connectivity index (χ2n) is 15.8. The molecule has 106 heavy (non-hydrogen) atoms. The molecule has 4 amide bonds. The number of fused-ring (bicyclic) bond motifs is 1. The zero-order chi connectivity index (χ0) is 78.4. The number of methoxy groups -OCH3 is 3. The number of anilines is 3. The first-order valence-corrected chi connectivity index (χ1v) is 30.2. The number of halogens is 24. The Kier molecular flexibility index (Phi) is 60.3. The molecule has 0 radical (unpaired) electrons. The summed E-state index contributed by atoms with van der Waals surface area (Å²) in [6.07, 6.45) is -7.52. The van der Waals surface area contributed by atoms with Gasteiger partial charge in [0.15, 0.2) is 59.2 Å². The third kappa shape index (κ3) is 45.8. The second-order valence-corrected chi connectivity index (χ2v) is 21.5. The number of aryl methyl sites for hydroxylation is 1. The van der Waals surface area contributed by atoms with Crippen LogP contribution in [0.25, 0.3) is 5.65 Å². The summed E-state index contributed by atoms with van der Waals surface area (Å²) >= 11 is 50.8. The van der Waals surface area contributed by atoms with Crippen LogP contribution >= 0.6 is 145 Å². The molecule has 0 saturated carbocycles. The molecule has 7 aromatic heterocycles. The number of amides is 4. The van der Waals surface area contributed by atoms with Crippen molar-refractivity contribution in [3.05, 3.63) is 132 Å². The highest BCUT2D eigenvalue weighted by Gasteiger charge is 2.49. The lowest BCUT2D eigenvalue weighted by Gasteiger charge is -2.23. The molecule has 0 aromatic carbocycles. The molecular weight excluding hydrogens is 2000 g/mol. The first-order valence-electron chi connectivity index (χ1n) is 24.5. The Balaban J connectivity index is -0.000000172. The van der Waals surface area contributed by atoms with E-state index in [-0.39, 0.29) is 104 Å². The van der Waals surface area contributed by atoms with E-state index in [9.17, 15) is 81.5 Å². The Labute approximate surface area is 680 Å². The maximum atomic E-state index is 11.8. The summed E-state index contributed by atoms with van der Waals surface area (Å²) in [6.45, 7) is 3.88. The van der Waals surface area contributed by atoms with Crippen molar-refractivity contribution in [1.82, 2.24) is 84.2 Å². The lowest BCUT2D eigenvalue weighted by atomic mass is 10.4. The lowest BCUT2D eigenvalue weighted by Crippen LogP contribution is -3.00. The number of rotatable bonds is 9. The number of nitrogens with zero attached hydrogens (tertiary/aromatic N) is 15. The number of nitrogen functional groups attached to an aromatic ring is 1. The summed E-state index contributed by atoms with van der Waals surface area (Å²) in [5, 5.41) is 8.86. The number of carbonyl (C=O) groups excluding carboxylic acids is 6. The van der Waals surface area contributed by atoms with Gasteiger partial charge in [-0.1, -0.05) is 96.1 Å². The molecule has 0 bridgehead atoms. The molecular formula is C48H58Br4Cl7F12IN24O10-4. The molecule has 8 heterocycles. The van der Waals surface area contributed by atoms with Gasteiger partial charge in [-0.15, -0.1) is 10.2 Å². The van der Waals surface area contributed by atoms with Crippen LogP contribution in [0.3, 0.4) is 0 Å². The Bertz CT molecular complexity index is 3740. The van der Waals surface area contributed by atoms with Crippen molar-refractivity contribution in [2.45, 2.75) is 78.8 Å². The van der Waals surface area contributed by atoms with Gasteiger partial charge in [-0.05, 0) is 54.7 Å². The predicted octanol–water partition coefficient (Wildman–Crippen LogP) is 8.77. The summed E-state index contributed by atoms with van der Waals surface area (Å²) in [5.74, 6) is 1.97. The van der Waals surface area contributed by atoms with Crippen LogP contribution in [0.15, 0.2) is 69.6 Å². The summed E-state index contributed by atoms with van der Waals surface area (Å²) in [7, 11) is 4.56. The molecule has 0 spiro atoms. The van der Waals surface area contributed by atoms with Gasteiger partial charge in [-0.3, -0.25) is 62.0 Å². The van der Waals surface area contributed by atoms with E-state index in [4.69, 9.17) is 107 Å². The van der Waals surface area contributed by atoms with E-state index in [1.54, 1.807) is 23.7 Å². The first kappa shape index (κ1) is 113. The number of hydrogen-bond acceptors (Lipinski definition) is 30. The van der Waals surface area contributed by atoms with Crippen molar-refractivity contribution < 1.29 is 126 Å². The Morgan fingerprint density at radius 1 is 0.547 bits per heavy atom. The summed E-state index contributed by atoms with van der Waals surface area (Å²) in [6, 6.07) is 0. The number of hydrogen-bond donors (Lipinski definition) is 9. The zero-order valence-corrected chi connectivity index (χ0v) is 66.3. The number of nitrogens with two attached hydrogens (primary N) is 4.